The minimum absolute atomic E-state index is 0.101. The summed E-state index contributed by atoms with van der Waals surface area (Å²) in [6.45, 7) is 0. The average Bonchev–Trinajstić information content (AvgIpc) is 2.83. The molecule has 0 radical (unpaired) electrons. The maximum atomic E-state index is 11.9. The number of nitrogens with one attached hydrogen (secondary N) is 1. The van der Waals surface area contributed by atoms with Crippen LogP contribution in [0.3, 0.4) is 0 Å². The van der Waals surface area contributed by atoms with Crippen molar-refractivity contribution in [3.8, 4) is 0 Å². The Balaban J connectivity index is 1.70. The Morgan fingerprint density at radius 1 is 1.11 bits per heavy atom. The molecule has 1 saturated heterocycles. The topological polar surface area (TPSA) is 41.6 Å². The number of benzene rings is 1. The van der Waals surface area contributed by atoms with E-state index in [1.807, 2.05) is 30.3 Å². The van der Waals surface area contributed by atoms with Gasteiger partial charge in [0.05, 0.1) is 6.04 Å². The quantitative estimate of drug-likeness (QED) is 0.871. The van der Waals surface area contributed by atoms with Gasteiger partial charge in [0.15, 0.2) is 6.23 Å². The van der Waals surface area contributed by atoms with Gasteiger partial charge in [-0.3, -0.25) is 0 Å². The molecule has 2 aliphatic rings. The van der Waals surface area contributed by atoms with Crippen LogP contribution in [-0.4, -0.2) is 17.1 Å². The highest BCUT2D eigenvalue weighted by atomic mass is 16.7. The van der Waals surface area contributed by atoms with Gasteiger partial charge in [-0.2, -0.15) is 5.06 Å². The number of amides is 2. The van der Waals surface area contributed by atoms with Gasteiger partial charge in [-0.25, -0.2) is 9.63 Å². The summed E-state index contributed by atoms with van der Waals surface area (Å²) >= 11 is 0. The van der Waals surface area contributed by atoms with Crippen LogP contribution in [0.5, 0.6) is 0 Å². The normalized spacial score (nSPS) is 25.2. The van der Waals surface area contributed by atoms with Crippen LogP contribution in [0.25, 0.3) is 0 Å². The molecule has 1 atom stereocenters. The Morgan fingerprint density at radius 2 is 1.83 bits per heavy atom. The van der Waals surface area contributed by atoms with Crippen LogP contribution in [0, 0.1) is 0 Å². The van der Waals surface area contributed by atoms with E-state index in [2.05, 4.69) is 5.32 Å². The van der Waals surface area contributed by atoms with Crippen molar-refractivity contribution in [2.24, 2.45) is 0 Å². The third-order valence-electron chi connectivity index (χ3n) is 3.68. The first kappa shape index (κ1) is 11.5. The fourth-order valence-corrected chi connectivity index (χ4v) is 2.70. The molecule has 1 N–H and O–H groups in total. The third-order valence-corrected chi connectivity index (χ3v) is 3.68. The van der Waals surface area contributed by atoms with Crippen LogP contribution in [-0.2, 0) is 4.84 Å². The van der Waals surface area contributed by atoms with Crippen LogP contribution in [0.2, 0.25) is 0 Å². The van der Waals surface area contributed by atoms with E-state index >= 15 is 0 Å². The molecule has 1 aromatic carbocycles. The zero-order chi connectivity index (χ0) is 12.4. The third kappa shape index (κ3) is 2.20. The zero-order valence-electron chi connectivity index (χ0n) is 10.3. The van der Waals surface area contributed by atoms with E-state index in [4.69, 9.17) is 4.84 Å². The molecule has 1 heterocycles. The lowest BCUT2D eigenvalue weighted by molar-refractivity contribution is -0.156. The van der Waals surface area contributed by atoms with Gasteiger partial charge < -0.3 is 5.32 Å². The fraction of sp³-hybridized carbons (Fsp3) is 0.500. The van der Waals surface area contributed by atoms with E-state index in [-0.39, 0.29) is 18.3 Å². The minimum Gasteiger partial charge on any atom is -0.305 e. The molecule has 0 bridgehead atoms. The van der Waals surface area contributed by atoms with Crippen molar-refractivity contribution in [2.45, 2.75) is 44.4 Å². The number of nitrogens with zero attached hydrogens (tertiary/aromatic N) is 1. The summed E-state index contributed by atoms with van der Waals surface area (Å²) in [5.74, 6) is 0. The van der Waals surface area contributed by atoms with Crippen LogP contribution >= 0.6 is 0 Å². The number of hydroxylamine groups is 2. The number of hydrogen-bond acceptors (Lipinski definition) is 2. The summed E-state index contributed by atoms with van der Waals surface area (Å²) in [5.41, 5.74) is 0.990. The van der Waals surface area contributed by atoms with Gasteiger partial charge in [-0.1, -0.05) is 49.6 Å². The molecule has 1 saturated carbocycles. The second kappa shape index (κ2) is 4.98. The molecule has 3 rings (SSSR count). The van der Waals surface area contributed by atoms with E-state index in [1.54, 1.807) is 5.06 Å². The number of carbonyl (C=O) groups is 1. The Morgan fingerprint density at radius 3 is 2.56 bits per heavy atom. The highest BCUT2D eigenvalue weighted by molar-refractivity contribution is 5.75. The molecule has 2 amide bonds. The van der Waals surface area contributed by atoms with Crippen molar-refractivity contribution < 1.29 is 9.63 Å². The van der Waals surface area contributed by atoms with Gasteiger partial charge in [0, 0.05) is 5.56 Å². The van der Waals surface area contributed by atoms with Crippen molar-refractivity contribution in [1.29, 1.82) is 0 Å². The number of urea groups is 1. The zero-order valence-corrected chi connectivity index (χ0v) is 10.3. The molecule has 4 nitrogen and oxygen atoms in total. The van der Waals surface area contributed by atoms with Crippen molar-refractivity contribution in [1.82, 2.24) is 10.4 Å². The molecule has 18 heavy (non-hydrogen) atoms. The molecule has 2 fully saturated rings. The van der Waals surface area contributed by atoms with Crippen LogP contribution < -0.4 is 5.32 Å². The first-order valence-corrected chi connectivity index (χ1v) is 6.66. The molecule has 1 aliphatic heterocycles. The van der Waals surface area contributed by atoms with E-state index in [1.165, 1.54) is 19.3 Å². The van der Waals surface area contributed by atoms with Gasteiger partial charge >= 0.3 is 6.03 Å². The molecule has 0 spiro atoms. The molecule has 1 unspecified atom stereocenters. The SMILES string of the molecule is O=C1NC(c2ccccc2)ON1C1CCCCC1. The lowest BCUT2D eigenvalue weighted by atomic mass is 9.95. The maximum Gasteiger partial charge on any atom is 0.344 e. The lowest BCUT2D eigenvalue weighted by Gasteiger charge is -2.28. The van der Waals surface area contributed by atoms with Gasteiger partial charge in [0.2, 0.25) is 0 Å². The Labute approximate surface area is 107 Å². The van der Waals surface area contributed by atoms with Crippen LogP contribution in [0.4, 0.5) is 4.79 Å². The molecule has 96 valence electrons. The van der Waals surface area contributed by atoms with E-state index in [0.717, 1.165) is 18.4 Å². The Kier molecular flexibility index (Phi) is 3.19. The summed E-state index contributed by atoms with van der Waals surface area (Å²) in [6, 6.07) is 9.94. The highest BCUT2D eigenvalue weighted by Crippen LogP contribution is 2.29. The predicted octanol–water partition coefficient (Wildman–Crippen LogP) is 2.97. The van der Waals surface area contributed by atoms with Gasteiger partial charge in [0.25, 0.3) is 0 Å². The second-order valence-corrected chi connectivity index (χ2v) is 4.96. The minimum atomic E-state index is -0.333. The number of carbonyl (C=O) groups excluding carboxylic acids is 1. The molecule has 0 aromatic heterocycles. The molecule has 1 aliphatic carbocycles. The van der Waals surface area contributed by atoms with Crippen molar-refractivity contribution >= 4 is 6.03 Å². The van der Waals surface area contributed by atoms with E-state index in [9.17, 15) is 4.79 Å². The van der Waals surface area contributed by atoms with Gasteiger partial charge in [-0.15, -0.1) is 0 Å². The predicted molar refractivity (Wildman–Crippen MR) is 67.5 cm³/mol. The molecule has 4 heteroatoms. The lowest BCUT2D eigenvalue weighted by Crippen LogP contribution is -2.38. The summed E-state index contributed by atoms with van der Waals surface area (Å²) in [4.78, 5) is 17.7. The molecular weight excluding hydrogens is 228 g/mol. The largest absolute Gasteiger partial charge is 0.344 e. The highest BCUT2D eigenvalue weighted by Gasteiger charge is 2.36. The average molecular weight is 246 g/mol. The van der Waals surface area contributed by atoms with Crippen LogP contribution in [0.1, 0.15) is 43.9 Å². The number of rotatable bonds is 2. The monoisotopic (exact) mass is 246 g/mol. The van der Waals surface area contributed by atoms with Crippen molar-refractivity contribution in [2.75, 3.05) is 0 Å². The summed E-state index contributed by atoms with van der Waals surface area (Å²) in [7, 11) is 0. The van der Waals surface area contributed by atoms with E-state index < -0.39 is 0 Å². The van der Waals surface area contributed by atoms with Crippen molar-refractivity contribution in [3.63, 3.8) is 0 Å². The molecular formula is C14H18N2O2. The molecule has 1 aromatic rings. The Bertz CT molecular complexity index is 415. The Hall–Kier alpha value is -1.55. The second-order valence-electron chi connectivity index (χ2n) is 4.96. The first-order chi connectivity index (χ1) is 8.84. The standard InChI is InChI=1S/C14H18N2O2/c17-14-15-13(11-7-3-1-4-8-11)18-16(14)12-9-5-2-6-10-12/h1,3-4,7-8,12-13H,2,5-6,9-10H2,(H,15,17). The van der Waals surface area contributed by atoms with Gasteiger partial charge in [0.1, 0.15) is 0 Å². The summed E-state index contributed by atoms with van der Waals surface area (Å²) in [6.07, 6.45) is 5.42. The maximum absolute atomic E-state index is 11.9. The van der Waals surface area contributed by atoms with Gasteiger partial charge in [-0.05, 0) is 12.8 Å². The van der Waals surface area contributed by atoms with E-state index in [0.29, 0.717) is 0 Å². The van der Waals surface area contributed by atoms with Crippen LogP contribution in [0.15, 0.2) is 30.3 Å². The fourth-order valence-electron chi connectivity index (χ4n) is 2.70. The number of hydrogen-bond donors (Lipinski definition) is 1. The smallest absolute Gasteiger partial charge is 0.305 e. The summed E-state index contributed by atoms with van der Waals surface area (Å²) in [5, 5.41) is 4.43. The first-order valence-electron chi connectivity index (χ1n) is 6.66. The van der Waals surface area contributed by atoms with Crippen molar-refractivity contribution in [3.05, 3.63) is 35.9 Å². The summed E-state index contributed by atoms with van der Waals surface area (Å²) < 4.78 is 0.